The second-order valence-electron chi connectivity index (χ2n) is 4.63. The van der Waals surface area contributed by atoms with Gasteiger partial charge in [-0.3, -0.25) is 0 Å². The zero-order valence-corrected chi connectivity index (χ0v) is 10.0. The summed E-state index contributed by atoms with van der Waals surface area (Å²) in [4.78, 5) is 11.3. The van der Waals surface area contributed by atoms with Crippen molar-refractivity contribution in [2.24, 2.45) is 0 Å². The maximum Gasteiger partial charge on any atom is 0.331 e. The summed E-state index contributed by atoms with van der Waals surface area (Å²) in [5.74, 6) is -0.230. The first-order valence-corrected chi connectivity index (χ1v) is 5.25. The minimum absolute atomic E-state index is 0.230. The average molecular weight is 198 g/mol. The van der Waals surface area contributed by atoms with Crippen LogP contribution in [0, 0.1) is 0 Å². The maximum atomic E-state index is 11.3. The quantitative estimate of drug-likeness (QED) is 0.510. The van der Waals surface area contributed by atoms with Crippen LogP contribution in [0.2, 0.25) is 0 Å². The van der Waals surface area contributed by atoms with E-state index in [2.05, 4.69) is 6.92 Å². The van der Waals surface area contributed by atoms with E-state index in [1.807, 2.05) is 27.7 Å². The Morgan fingerprint density at radius 3 is 2.36 bits per heavy atom. The smallest absolute Gasteiger partial charge is 0.331 e. The number of esters is 1. The number of unbranched alkanes of at least 4 members (excludes halogenated alkanes) is 1. The first kappa shape index (κ1) is 13.2. The van der Waals surface area contributed by atoms with Crippen molar-refractivity contribution in [2.45, 2.75) is 59.5 Å². The van der Waals surface area contributed by atoms with E-state index < -0.39 is 5.60 Å². The molecule has 0 spiro atoms. The third kappa shape index (κ3) is 7.84. The van der Waals surface area contributed by atoms with Crippen LogP contribution in [0.5, 0.6) is 0 Å². The number of rotatable bonds is 4. The van der Waals surface area contributed by atoms with E-state index in [4.69, 9.17) is 4.74 Å². The molecule has 2 heteroatoms. The Labute approximate surface area is 87.3 Å². The predicted octanol–water partition coefficient (Wildman–Crippen LogP) is 3.46. The SMILES string of the molecule is CCCC/C(C)=C\C(=O)OC(C)(C)C. The summed E-state index contributed by atoms with van der Waals surface area (Å²) in [6.45, 7) is 9.74. The van der Waals surface area contributed by atoms with Crippen LogP contribution in [0.1, 0.15) is 53.9 Å². The number of allylic oxidation sites excluding steroid dienone is 1. The highest BCUT2D eigenvalue weighted by Crippen LogP contribution is 2.10. The molecule has 2 nitrogen and oxygen atoms in total. The third-order valence-electron chi connectivity index (χ3n) is 1.70. The largest absolute Gasteiger partial charge is 0.457 e. The number of hydrogen-bond acceptors (Lipinski definition) is 2. The summed E-state index contributed by atoms with van der Waals surface area (Å²) >= 11 is 0. The second kappa shape index (κ2) is 5.84. The van der Waals surface area contributed by atoms with E-state index in [9.17, 15) is 4.79 Å². The van der Waals surface area contributed by atoms with Gasteiger partial charge in [-0.25, -0.2) is 4.79 Å². The molecule has 0 radical (unpaired) electrons. The van der Waals surface area contributed by atoms with Gasteiger partial charge < -0.3 is 4.74 Å². The van der Waals surface area contributed by atoms with Gasteiger partial charge in [0.2, 0.25) is 0 Å². The van der Waals surface area contributed by atoms with Crippen molar-refractivity contribution in [1.29, 1.82) is 0 Å². The lowest BCUT2D eigenvalue weighted by atomic mass is 10.1. The van der Waals surface area contributed by atoms with Crippen LogP contribution in [0.3, 0.4) is 0 Å². The molecule has 0 unspecified atom stereocenters. The molecule has 0 amide bonds. The van der Waals surface area contributed by atoms with E-state index in [0.717, 1.165) is 24.8 Å². The molecule has 82 valence electrons. The van der Waals surface area contributed by atoms with Crippen LogP contribution in [0.15, 0.2) is 11.6 Å². The monoisotopic (exact) mass is 198 g/mol. The van der Waals surface area contributed by atoms with Gasteiger partial charge in [-0.2, -0.15) is 0 Å². The lowest BCUT2D eigenvalue weighted by Gasteiger charge is -2.18. The van der Waals surface area contributed by atoms with Crippen molar-refractivity contribution in [3.8, 4) is 0 Å². The molecule has 0 fully saturated rings. The molecule has 0 saturated carbocycles. The lowest BCUT2D eigenvalue weighted by Crippen LogP contribution is -2.22. The molecule has 0 aromatic carbocycles. The van der Waals surface area contributed by atoms with Gasteiger partial charge in [0, 0.05) is 6.08 Å². The number of carbonyl (C=O) groups excluding carboxylic acids is 1. The number of hydrogen-bond donors (Lipinski definition) is 0. The highest BCUT2D eigenvalue weighted by atomic mass is 16.6. The first-order valence-electron chi connectivity index (χ1n) is 5.25. The average Bonchev–Trinajstić information content (AvgIpc) is 1.96. The predicted molar refractivity (Wildman–Crippen MR) is 59.1 cm³/mol. The van der Waals surface area contributed by atoms with Gasteiger partial charge in [0.05, 0.1) is 0 Å². The molecule has 0 aliphatic heterocycles. The topological polar surface area (TPSA) is 26.3 Å². The fourth-order valence-electron chi connectivity index (χ4n) is 1.06. The van der Waals surface area contributed by atoms with Crippen molar-refractivity contribution in [2.75, 3.05) is 0 Å². The molecule has 0 rings (SSSR count). The van der Waals surface area contributed by atoms with Gasteiger partial charge in [0.25, 0.3) is 0 Å². The van der Waals surface area contributed by atoms with Gasteiger partial charge in [0.1, 0.15) is 5.60 Å². The summed E-state index contributed by atoms with van der Waals surface area (Å²) < 4.78 is 5.17. The second-order valence-corrected chi connectivity index (χ2v) is 4.63. The molecular formula is C12H22O2. The van der Waals surface area contributed by atoms with Crippen molar-refractivity contribution < 1.29 is 9.53 Å². The molecule has 0 bridgehead atoms. The molecule has 0 aromatic heterocycles. The molecule has 0 atom stereocenters. The lowest BCUT2D eigenvalue weighted by molar-refractivity contribution is -0.148. The molecule has 0 saturated heterocycles. The Morgan fingerprint density at radius 2 is 1.93 bits per heavy atom. The Kier molecular flexibility index (Phi) is 5.51. The molecule has 0 aliphatic rings. The summed E-state index contributed by atoms with van der Waals surface area (Å²) in [6.07, 6.45) is 4.86. The normalized spacial score (nSPS) is 12.8. The van der Waals surface area contributed by atoms with Crippen LogP contribution in [0.25, 0.3) is 0 Å². The maximum absolute atomic E-state index is 11.3. The summed E-state index contributed by atoms with van der Waals surface area (Å²) in [5.41, 5.74) is 0.708. The van der Waals surface area contributed by atoms with Gasteiger partial charge >= 0.3 is 5.97 Å². The van der Waals surface area contributed by atoms with E-state index in [1.54, 1.807) is 6.08 Å². The highest BCUT2D eigenvalue weighted by molar-refractivity contribution is 5.83. The van der Waals surface area contributed by atoms with E-state index in [-0.39, 0.29) is 5.97 Å². The minimum Gasteiger partial charge on any atom is -0.457 e. The van der Waals surface area contributed by atoms with E-state index in [0.29, 0.717) is 0 Å². The highest BCUT2D eigenvalue weighted by Gasteiger charge is 2.14. The van der Waals surface area contributed by atoms with Crippen LogP contribution in [0.4, 0.5) is 0 Å². The number of ether oxygens (including phenoxy) is 1. The Morgan fingerprint density at radius 1 is 1.36 bits per heavy atom. The van der Waals surface area contributed by atoms with E-state index in [1.165, 1.54) is 0 Å². The van der Waals surface area contributed by atoms with Gasteiger partial charge in [-0.1, -0.05) is 18.9 Å². The Hall–Kier alpha value is -0.790. The molecule has 0 N–H and O–H groups in total. The molecular weight excluding hydrogens is 176 g/mol. The molecule has 14 heavy (non-hydrogen) atoms. The van der Waals surface area contributed by atoms with Crippen LogP contribution < -0.4 is 0 Å². The third-order valence-corrected chi connectivity index (χ3v) is 1.70. The standard InChI is InChI=1S/C12H22O2/c1-6-7-8-10(2)9-11(13)14-12(3,4)5/h9H,6-8H2,1-5H3/b10-9-. The van der Waals surface area contributed by atoms with Crippen molar-refractivity contribution in [3.05, 3.63) is 11.6 Å². The van der Waals surface area contributed by atoms with Crippen LogP contribution in [-0.2, 0) is 9.53 Å². The molecule has 0 aliphatic carbocycles. The van der Waals surface area contributed by atoms with Gasteiger partial charge in [-0.05, 0) is 40.5 Å². The van der Waals surface area contributed by atoms with Crippen molar-refractivity contribution >= 4 is 5.97 Å². The van der Waals surface area contributed by atoms with E-state index >= 15 is 0 Å². The number of carbonyl (C=O) groups is 1. The summed E-state index contributed by atoms with van der Waals surface area (Å²) in [7, 11) is 0. The van der Waals surface area contributed by atoms with Crippen LogP contribution in [-0.4, -0.2) is 11.6 Å². The zero-order valence-electron chi connectivity index (χ0n) is 10.0. The van der Waals surface area contributed by atoms with Gasteiger partial charge in [0.15, 0.2) is 0 Å². The first-order chi connectivity index (χ1) is 6.35. The minimum atomic E-state index is -0.390. The molecule has 0 aromatic rings. The van der Waals surface area contributed by atoms with Gasteiger partial charge in [-0.15, -0.1) is 0 Å². The van der Waals surface area contributed by atoms with Crippen molar-refractivity contribution in [1.82, 2.24) is 0 Å². The summed E-state index contributed by atoms with van der Waals surface area (Å²) in [6, 6.07) is 0. The fourth-order valence-corrected chi connectivity index (χ4v) is 1.06. The Balaban J connectivity index is 4.02. The van der Waals surface area contributed by atoms with Crippen molar-refractivity contribution in [3.63, 3.8) is 0 Å². The fraction of sp³-hybridized carbons (Fsp3) is 0.750. The van der Waals surface area contributed by atoms with Crippen LogP contribution >= 0.6 is 0 Å². The Bertz CT molecular complexity index is 209. The molecule has 0 heterocycles. The summed E-state index contributed by atoms with van der Waals surface area (Å²) in [5, 5.41) is 0. The zero-order chi connectivity index (χ0) is 11.2.